The fourth-order valence-electron chi connectivity index (χ4n) is 1.41. The number of rotatable bonds is 2. The van der Waals surface area contributed by atoms with Crippen molar-refractivity contribution >= 4 is 5.97 Å². The van der Waals surface area contributed by atoms with Gasteiger partial charge in [-0.15, -0.1) is 0 Å². The number of carbonyl (C=O) groups is 1. The number of benzene rings is 1. The van der Waals surface area contributed by atoms with Gasteiger partial charge >= 0.3 is 5.97 Å². The van der Waals surface area contributed by atoms with Gasteiger partial charge in [0, 0.05) is 12.5 Å². The van der Waals surface area contributed by atoms with E-state index in [1.807, 2.05) is 0 Å². The Balaban J connectivity index is 2.64. The molecule has 0 radical (unpaired) electrons. The van der Waals surface area contributed by atoms with E-state index >= 15 is 0 Å². The molecule has 2 rings (SSSR count). The summed E-state index contributed by atoms with van der Waals surface area (Å²) in [5.74, 6) is -1.95. The summed E-state index contributed by atoms with van der Waals surface area (Å²) in [7, 11) is 0. The minimum Gasteiger partial charge on any atom is -0.475 e. The number of hydrogen-bond donors (Lipinski definition) is 1. The van der Waals surface area contributed by atoms with E-state index in [2.05, 4.69) is 4.98 Å². The van der Waals surface area contributed by atoms with Crippen LogP contribution in [0.3, 0.4) is 0 Å². The highest BCUT2D eigenvalue weighted by Gasteiger charge is 2.21. The largest absolute Gasteiger partial charge is 0.475 e. The van der Waals surface area contributed by atoms with Crippen molar-refractivity contribution in [3.8, 4) is 11.3 Å². The second-order valence-corrected chi connectivity index (χ2v) is 3.20. The summed E-state index contributed by atoms with van der Waals surface area (Å²) in [6, 6.07) is 5.82. The molecule has 1 heterocycles. The molecule has 0 amide bonds. The highest BCUT2D eigenvalue weighted by Crippen LogP contribution is 2.26. The maximum Gasteiger partial charge on any atom is 0.374 e. The summed E-state index contributed by atoms with van der Waals surface area (Å²) < 4.78 is 18.4. The molecule has 0 spiro atoms. The van der Waals surface area contributed by atoms with Gasteiger partial charge in [-0.1, -0.05) is 12.1 Å². The van der Waals surface area contributed by atoms with Crippen LogP contribution in [0.25, 0.3) is 11.3 Å². The molecular formula is C11H8FNO3. The molecule has 0 aliphatic rings. The van der Waals surface area contributed by atoms with Crippen molar-refractivity contribution in [2.45, 2.75) is 6.92 Å². The lowest BCUT2D eigenvalue weighted by molar-refractivity contribution is 0.0662. The predicted molar refractivity (Wildman–Crippen MR) is 53.6 cm³/mol. The van der Waals surface area contributed by atoms with Crippen LogP contribution < -0.4 is 0 Å². The summed E-state index contributed by atoms with van der Waals surface area (Å²) in [5, 5.41) is 8.87. The van der Waals surface area contributed by atoms with Gasteiger partial charge in [0.1, 0.15) is 11.5 Å². The van der Waals surface area contributed by atoms with E-state index in [-0.39, 0.29) is 22.9 Å². The molecule has 0 saturated carbocycles. The number of carboxylic acid groups (broad SMARTS) is 1. The third-order valence-electron chi connectivity index (χ3n) is 2.06. The highest BCUT2D eigenvalue weighted by atomic mass is 19.1. The first-order chi connectivity index (χ1) is 7.59. The molecule has 0 aliphatic heterocycles. The molecule has 1 N–H and O–H groups in total. The monoisotopic (exact) mass is 221 g/mol. The molecule has 2 aromatic rings. The van der Waals surface area contributed by atoms with Crippen molar-refractivity contribution in [1.82, 2.24) is 4.98 Å². The average molecular weight is 221 g/mol. The van der Waals surface area contributed by atoms with Gasteiger partial charge in [-0.3, -0.25) is 0 Å². The number of aryl methyl sites for hydroxylation is 1. The fourth-order valence-corrected chi connectivity index (χ4v) is 1.41. The van der Waals surface area contributed by atoms with Crippen molar-refractivity contribution in [2.75, 3.05) is 0 Å². The summed E-state index contributed by atoms with van der Waals surface area (Å²) in [4.78, 5) is 14.7. The summed E-state index contributed by atoms with van der Waals surface area (Å²) >= 11 is 0. The highest BCUT2D eigenvalue weighted by molar-refractivity contribution is 5.91. The second-order valence-electron chi connectivity index (χ2n) is 3.20. The first-order valence-corrected chi connectivity index (χ1v) is 4.55. The van der Waals surface area contributed by atoms with Crippen LogP contribution in [0.5, 0.6) is 0 Å². The van der Waals surface area contributed by atoms with E-state index in [9.17, 15) is 9.18 Å². The zero-order chi connectivity index (χ0) is 11.7. The molecule has 82 valence electrons. The SMILES string of the molecule is Cc1nc(-c2ccccc2F)c(C(=O)O)o1. The Kier molecular flexibility index (Phi) is 2.44. The minimum absolute atomic E-state index is 0.0168. The third kappa shape index (κ3) is 1.67. The van der Waals surface area contributed by atoms with Crippen LogP contribution in [0.15, 0.2) is 28.7 Å². The first-order valence-electron chi connectivity index (χ1n) is 4.55. The van der Waals surface area contributed by atoms with Crippen LogP contribution in [-0.2, 0) is 0 Å². The molecule has 0 saturated heterocycles. The van der Waals surface area contributed by atoms with Crippen LogP contribution in [0.2, 0.25) is 0 Å². The Hall–Kier alpha value is -2.17. The Morgan fingerprint density at radius 1 is 1.44 bits per heavy atom. The molecule has 0 atom stereocenters. The molecule has 16 heavy (non-hydrogen) atoms. The predicted octanol–water partition coefficient (Wildman–Crippen LogP) is 2.49. The van der Waals surface area contributed by atoms with E-state index in [0.29, 0.717) is 0 Å². The van der Waals surface area contributed by atoms with Crippen LogP contribution in [0.4, 0.5) is 4.39 Å². The molecule has 0 aliphatic carbocycles. The van der Waals surface area contributed by atoms with Crippen LogP contribution in [0.1, 0.15) is 16.4 Å². The van der Waals surface area contributed by atoms with Crippen molar-refractivity contribution in [1.29, 1.82) is 0 Å². The van der Waals surface area contributed by atoms with Gasteiger partial charge in [-0.2, -0.15) is 0 Å². The van der Waals surface area contributed by atoms with Crippen LogP contribution in [0, 0.1) is 12.7 Å². The Morgan fingerprint density at radius 3 is 2.75 bits per heavy atom. The van der Waals surface area contributed by atoms with Crippen molar-refractivity contribution in [3.05, 3.63) is 41.7 Å². The van der Waals surface area contributed by atoms with Gasteiger partial charge in [0.25, 0.3) is 0 Å². The van der Waals surface area contributed by atoms with Gasteiger partial charge < -0.3 is 9.52 Å². The maximum absolute atomic E-state index is 13.5. The minimum atomic E-state index is -1.26. The first kappa shape index (κ1) is 10.4. The molecular weight excluding hydrogens is 213 g/mol. The standard InChI is InChI=1S/C11H8FNO3/c1-6-13-9(10(16-6)11(14)15)7-4-2-3-5-8(7)12/h2-5H,1H3,(H,14,15). The lowest BCUT2D eigenvalue weighted by Gasteiger charge is -1.98. The Labute approximate surface area is 90.4 Å². The fraction of sp³-hybridized carbons (Fsp3) is 0.0909. The molecule has 1 aromatic carbocycles. The molecule has 1 aromatic heterocycles. The van der Waals surface area contributed by atoms with E-state index in [4.69, 9.17) is 9.52 Å². The second kappa shape index (κ2) is 3.77. The van der Waals surface area contributed by atoms with Crippen molar-refractivity contribution in [3.63, 3.8) is 0 Å². The van der Waals surface area contributed by atoms with Gasteiger partial charge in [-0.05, 0) is 12.1 Å². The maximum atomic E-state index is 13.5. The number of halogens is 1. The Bertz CT molecular complexity index is 548. The lowest BCUT2D eigenvalue weighted by Crippen LogP contribution is -1.97. The lowest BCUT2D eigenvalue weighted by atomic mass is 10.1. The van der Waals surface area contributed by atoms with Gasteiger partial charge in [0.2, 0.25) is 5.76 Å². The topological polar surface area (TPSA) is 63.3 Å². The van der Waals surface area contributed by atoms with Gasteiger partial charge in [-0.25, -0.2) is 14.2 Å². The summed E-state index contributed by atoms with van der Waals surface area (Å²) in [5.41, 5.74) is 0.139. The third-order valence-corrected chi connectivity index (χ3v) is 2.06. The quantitative estimate of drug-likeness (QED) is 0.846. The van der Waals surface area contributed by atoms with Gasteiger partial charge in [0.15, 0.2) is 5.89 Å². The number of aromatic carboxylic acids is 1. The van der Waals surface area contributed by atoms with E-state index in [1.165, 1.54) is 25.1 Å². The van der Waals surface area contributed by atoms with E-state index in [0.717, 1.165) is 0 Å². The number of carboxylic acids is 1. The number of hydrogen-bond acceptors (Lipinski definition) is 3. The van der Waals surface area contributed by atoms with Gasteiger partial charge in [0.05, 0.1) is 0 Å². The van der Waals surface area contributed by atoms with E-state index in [1.54, 1.807) is 6.07 Å². The van der Waals surface area contributed by atoms with Crippen molar-refractivity contribution in [2.24, 2.45) is 0 Å². The number of aromatic nitrogens is 1. The smallest absolute Gasteiger partial charge is 0.374 e. The van der Waals surface area contributed by atoms with E-state index < -0.39 is 11.8 Å². The van der Waals surface area contributed by atoms with Crippen LogP contribution >= 0.6 is 0 Å². The molecule has 5 heteroatoms. The summed E-state index contributed by atoms with van der Waals surface area (Å²) in [6.07, 6.45) is 0. The Morgan fingerprint density at radius 2 is 2.12 bits per heavy atom. The molecule has 4 nitrogen and oxygen atoms in total. The number of oxazole rings is 1. The molecule has 0 unspecified atom stereocenters. The average Bonchev–Trinajstić information content (AvgIpc) is 2.61. The zero-order valence-corrected chi connectivity index (χ0v) is 8.40. The van der Waals surface area contributed by atoms with Crippen molar-refractivity contribution < 1.29 is 18.7 Å². The van der Waals surface area contributed by atoms with Crippen LogP contribution in [-0.4, -0.2) is 16.1 Å². The normalized spacial score (nSPS) is 10.4. The molecule has 0 fully saturated rings. The zero-order valence-electron chi connectivity index (χ0n) is 8.40. The molecule has 0 bridgehead atoms. The summed E-state index contributed by atoms with van der Waals surface area (Å²) in [6.45, 7) is 1.51. The number of nitrogens with zero attached hydrogens (tertiary/aromatic N) is 1.